The zero-order valence-corrected chi connectivity index (χ0v) is 10.5. The highest BCUT2D eigenvalue weighted by molar-refractivity contribution is 5.16. The number of aromatic nitrogens is 2. The quantitative estimate of drug-likeness (QED) is 0.851. The van der Waals surface area contributed by atoms with Gasteiger partial charge in [-0.2, -0.15) is 8.78 Å². The Hall–Kier alpha value is -2.24. The molecule has 0 saturated carbocycles. The van der Waals surface area contributed by atoms with E-state index in [-0.39, 0.29) is 11.9 Å². The Morgan fingerprint density at radius 3 is 1.95 bits per heavy atom. The lowest BCUT2D eigenvalue weighted by atomic mass is 10.4. The van der Waals surface area contributed by atoms with E-state index in [0.29, 0.717) is 5.75 Å². The van der Waals surface area contributed by atoms with Crippen LogP contribution in [0, 0.1) is 11.9 Å². The molecular weight excluding hydrogens is 254 g/mol. The summed E-state index contributed by atoms with van der Waals surface area (Å²) in [5.41, 5.74) is 0. The van der Waals surface area contributed by atoms with Crippen molar-refractivity contribution in [1.29, 1.82) is 0 Å². The van der Waals surface area contributed by atoms with Crippen molar-refractivity contribution in [3.8, 4) is 11.5 Å². The van der Waals surface area contributed by atoms with Crippen molar-refractivity contribution >= 4 is 0 Å². The minimum absolute atomic E-state index is 0.0219. The Morgan fingerprint density at radius 1 is 1.00 bits per heavy atom. The summed E-state index contributed by atoms with van der Waals surface area (Å²) in [6.07, 6.45) is 2.52. The summed E-state index contributed by atoms with van der Waals surface area (Å²) in [7, 11) is 0. The van der Waals surface area contributed by atoms with Gasteiger partial charge in [0.25, 0.3) is 0 Å². The summed E-state index contributed by atoms with van der Waals surface area (Å²) in [6, 6.07) is 5.16. The molecular formula is C13H14F2N2O2. The standard InChI is InChI=1S/C8H10FNO.C5H4FNO/c1-6(2)11-7-3-4-8(9)10-5-7;6-5-2-1-4(8)3-7-5/h3-6H,1-2H3;1-3,8H. The van der Waals surface area contributed by atoms with Gasteiger partial charge in [-0.1, -0.05) is 0 Å². The molecule has 2 heterocycles. The van der Waals surface area contributed by atoms with E-state index in [1.807, 2.05) is 13.8 Å². The molecule has 6 heteroatoms. The van der Waals surface area contributed by atoms with Crippen LogP contribution in [0.15, 0.2) is 36.7 Å². The maximum absolute atomic E-state index is 12.3. The van der Waals surface area contributed by atoms with E-state index in [9.17, 15) is 8.78 Å². The fraction of sp³-hybridized carbons (Fsp3) is 0.231. The Bertz CT molecular complexity index is 466. The molecule has 0 aliphatic carbocycles. The minimum atomic E-state index is -0.581. The molecule has 0 aliphatic rings. The van der Waals surface area contributed by atoms with Crippen molar-refractivity contribution < 1.29 is 18.6 Å². The van der Waals surface area contributed by atoms with Crippen LogP contribution in [-0.4, -0.2) is 21.2 Å². The third-order valence-corrected chi connectivity index (χ3v) is 1.78. The van der Waals surface area contributed by atoms with Gasteiger partial charge in [-0.3, -0.25) is 0 Å². The topological polar surface area (TPSA) is 55.2 Å². The summed E-state index contributed by atoms with van der Waals surface area (Å²) < 4.78 is 29.4. The summed E-state index contributed by atoms with van der Waals surface area (Å²) >= 11 is 0. The second kappa shape index (κ2) is 7.25. The number of pyridine rings is 2. The van der Waals surface area contributed by atoms with Crippen molar-refractivity contribution in [2.75, 3.05) is 0 Å². The molecule has 0 unspecified atom stereocenters. The molecule has 0 amide bonds. The lowest BCUT2D eigenvalue weighted by Gasteiger charge is -2.07. The molecule has 2 rings (SSSR count). The number of ether oxygens (including phenoxy) is 1. The first-order valence-corrected chi connectivity index (χ1v) is 5.56. The summed E-state index contributed by atoms with van der Waals surface area (Å²) in [6.45, 7) is 3.81. The molecule has 0 aromatic carbocycles. The van der Waals surface area contributed by atoms with E-state index >= 15 is 0 Å². The largest absolute Gasteiger partial charge is 0.506 e. The molecule has 0 atom stereocenters. The van der Waals surface area contributed by atoms with Crippen molar-refractivity contribution in [3.05, 3.63) is 48.6 Å². The van der Waals surface area contributed by atoms with Crippen molar-refractivity contribution in [2.24, 2.45) is 0 Å². The van der Waals surface area contributed by atoms with Gasteiger partial charge < -0.3 is 9.84 Å². The number of nitrogens with zero attached hydrogens (tertiary/aromatic N) is 2. The van der Waals surface area contributed by atoms with Gasteiger partial charge in [-0.25, -0.2) is 9.97 Å². The Morgan fingerprint density at radius 2 is 1.58 bits per heavy atom. The van der Waals surface area contributed by atoms with Crippen LogP contribution in [0.25, 0.3) is 0 Å². The average Bonchev–Trinajstić information content (AvgIpc) is 2.36. The van der Waals surface area contributed by atoms with Crippen molar-refractivity contribution in [3.63, 3.8) is 0 Å². The minimum Gasteiger partial charge on any atom is -0.506 e. The Kier molecular flexibility index (Phi) is 5.66. The lowest BCUT2D eigenvalue weighted by molar-refractivity contribution is 0.241. The zero-order valence-electron chi connectivity index (χ0n) is 10.5. The third kappa shape index (κ3) is 6.30. The highest BCUT2D eigenvalue weighted by atomic mass is 19.1. The average molecular weight is 268 g/mol. The second-order valence-corrected chi connectivity index (χ2v) is 3.82. The third-order valence-electron chi connectivity index (χ3n) is 1.78. The van der Waals surface area contributed by atoms with Crippen LogP contribution < -0.4 is 4.74 Å². The van der Waals surface area contributed by atoms with Crippen LogP contribution in [-0.2, 0) is 0 Å². The number of hydrogen-bond donors (Lipinski definition) is 1. The van der Waals surface area contributed by atoms with E-state index in [2.05, 4.69) is 9.97 Å². The predicted octanol–water partition coefficient (Wildman–Crippen LogP) is 2.93. The SMILES string of the molecule is CC(C)Oc1ccc(F)nc1.Oc1ccc(F)nc1. The maximum atomic E-state index is 12.3. The normalized spacial score (nSPS) is 9.74. The molecule has 19 heavy (non-hydrogen) atoms. The summed E-state index contributed by atoms with van der Waals surface area (Å²) in [5, 5.41) is 8.53. The maximum Gasteiger partial charge on any atom is 0.213 e. The Labute approximate surface area is 109 Å². The predicted molar refractivity (Wildman–Crippen MR) is 65.8 cm³/mol. The molecule has 0 radical (unpaired) electrons. The highest BCUT2D eigenvalue weighted by Crippen LogP contribution is 2.09. The highest BCUT2D eigenvalue weighted by Gasteiger charge is 1.97. The smallest absolute Gasteiger partial charge is 0.213 e. The molecule has 0 aliphatic heterocycles. The van der Waals surface area contributed by atoms with Crippen molar-refractivity contribution in [1.82, 2.24) is 9.97 Å². The first-order valence-electron chi connectivity index (χ1n) is 5.56. The van der Waals surface area contributed by atoms with Crippen LogP contribution in [0.2, 0.25) is 0 Å². The Balaban J connectivity index is 0.000000200. The molecule has 0 spiro atoms. The van der Waals surface area contributed by atoms with Crippen LogP contribution in [0.5, 0.6) is 11.5 Å². The molecule has 4 nitrogen and oxygen atoms in total. The van der Waals surface area contributed by atoms with E-state index in [0.717, 1.165) is 12.3 Å². The van der Waals surface area contributed by atoms with Gasteiger partial charge >= 0.3 is 0 Å². The molecule has 0 bridgehead atoms. The van der Waals surface area contributed by atoms with Gasteiger partial charge in [0.2, 0.25) is 11.9 Å². The van der Waals surface area contributed by atoms with E-state index < -0.39 is 11.9 Å². The van der Waals surface area contributed by atoms with Gasteiger partial charge in [-0.15, -0.1) is 0 Å². The summed E-state index contributed by atoms with van der Waals surface area (Å²) in [4.78, 5) is 6.60. The first kappa shape index (κ1) is 14.8. The van der Waals surface area contributed by atoms with Gasteiger partial charge in [0.05, 0.1) is 18.5 Å². The lowest BCUT2D eigenvalue weighted by Crippen LogP contribution is -2.05. The van der Waals surface area contributed by atoms with Crippen LogP contribution in [0.1, 0.15) is 13.8 Å². The first-order chi connectivity index (χ1) is 8.97. The van der Waals surface area contributed by atoms with Crippen molar-refractivity contribution in [2.45, 2.75) is 20.0 Å². The molecule has 2 aromatic rings. The van der Waals surface area contributed by atoms with E-state index in [4.69, 9.17) is 9.84 Å². The van der Waals surface area contributed by atoms with Crippen LogP contribution in [0.3, 0.4) is 0 Å². The second-order valence-electron chi connectivity index (χ2n) is 3.82. The van der Waals surface area contributed by atoms with Gasteiger partial charge in [0, 0.05) is 0 Å². The number of hydrogen-bond acceptors (Lipinski definition) is 4. The summed E-state index contributed by atoms with van der Waals surface area (Å²) in [5.74, 6) is -0.489. The number of rotatable bonds is 2. The number of halogens is 2. The molecule has 0 saturated heterocycles. The molecule has 0 fully saturated rings. The van der Waals surface area contributed by atoms with Gasteiger partial charge in [0.1, 0.15) is 11.5 Å². The van der Waals surface area contributed by atoms with Gasteiger partial charge in [-0.05, 0) is 38.1 Å². The van der Waals surface area contributed by atoms with E-state index in [1.54, 1.807) is 6.07 Å². The van der Waals surface area contributed by atoms with Crippen LogP contribution in [0.4, 0.5) is 8.78 Å². The zero-order chi connectivity index (χ0) is 14.3. The van der Waals surface area contributed by atoms with Crippen LogP contribution >= 0.6 is 0 Å². The molecule has 102 valence electrons. The number of aromatic hydroxyl groups is 1. The van der Waals surface area contributed by atoms with Gasteiger partial charge in [0.15, 0.2) is 0 Å². The van der Waals surface area contributed by atoms with E-state index in [1.165, 1.54) is 18.3 Å². The monoisotopic (exact) mass is 268 g/mol. The molecule has 2 aromatic heterocycles. The fourth-order valence-electron chi connectivity index (χ4n) is 1.07. The fourth-order valence-corrected chi connectivity index (χ4v) is 1.07. The molecule has 1 N–H and O–H groups in total.